The predicted octanol–water partition coefficient (Wildman–Crippen LogP) is 5.92. The van der Waals surface area contributed by atoms with Crippen LogP contribution in [0.2, 0.25) is 5.02 Å². The molecule has 0 fully saturated rings. The Balaban J connectivity index is 2.35. The number of pyridine rings is 1. The van der Waals surface area contributed by atoms with Crippen molar-refractivity contribution < 1.29 is 0 Å². The van der Waals surface area contributed by atoms with Crippen LogP contribution in [0.5, 0.6) is 0 Å². The Morgan fingerprint density at radius 1 is 1.05 bits per heavy atom. The van der Waals surface area contributed by atoms with Crippen molar-refractivity contribution >= 4 is 11.6 Å². The first-order valence-corrected chi connectivity index (χ1v) is 9.00. The molecular weight excluding hydrogens is 280 g/mol. The number of hydrogen-bond acceptors (Lipinski definition) is 2. The molecule has 1 atom stereocenters. The summed E-state index contributed by atoms with van der Waals surface area (Å²) >= 11 is 6.29. The van der Waals surface area contributed by atoms with Gasteiger partial charge in [-0.3, -0.25) is 4.98 Å². The molecule has 2 nitrogen and oxygen atoms in total. The van der Waals surface area contributed by atoms with Crippen LogP contribution >= 0.6 is 11.6 Å². The van der Waals surface area contributed by atoms with Crippen molar-refractivity contribution in [1.29, 1.82) is 0 Å². The van der Waals surface area contributed by atoms with Gasteiger partial charge in [0, 0.05) is 18.4 Å². The van der Waals surface area contributed by atoms with Gasteiger partial charge in [0.25, 0.3) is 0 Å². The zero-order valence-electron chi connectivity index (χ0n) is 13.7. The number of aromatic nitrogens is 1. The second kappa shape index (κ2) is 12.0. The molecule has 1 rings (SSSR count). The average molecular weight is 311 g/mol. The minimum Gasteiger partial charge on any atom is -0.310 e. The van der Waals surface area contributed by atoms with E-state index < -0.39 is 0 Å². The number of nitrogens with zero attached hydrogens (tertiary/aromatic N) is 1. The van der Waals surface area contributed by atoms with E-state index in [1.165, 1.54) is 50.5 Å². The summed E-state index contributed by atoms with van der Waals surface area (Å²) in [5, 5.41) is 4.41. The molecule has 0 aromatic carbocycles. The fourth-order valence-electron chi connectivity index (χ4n) is 2.66. The topological polar surface area (TPSA) is 24.9 Å². The fraction of sp³-hybridized carbons (Fsp3) is 0.722. The van der Waals surface area contributed by atoms with Gasteiger partial charge >= 0.3 is 0 Å². The van der Waals surface area contributed by atoms with Gasteiger partial charge in [-0.15, -0.1) is 0 Å². The zero-order valence-corrected chi connectivity index (χ0v) is 14.5. The molecule has 120 valence electrons. The van der Waals surface area contributed by atoms with Gasteiger partial charge in [-0.05, 0) is 31.0 Å². The normalized spacial score (nSPS) is 12.5. The molecule has 0 spiro atoms. The molecule has 1 aromatic heterocycles. The van der Waals surface area contributed by atoms with Gasteiger partial charge < -0.3 is 5.32 Å². The van der Waals surface area contributed by atoms with Crippen LogP contribution in [0.1, 0.15) is 83.2 Å². The molecule has 0 aliphatic carbocycles. The minimum absolute atomic E-state index is 0.371. The molecule has 21 heavy (non-hydrogen) atoms. The number of hydrogen-bond donors (Lipinski definition) is 1. The highest BCUT2D eigenvalue weighted by molar-refractivity contribution is 6.31. The summed E-state index contributed by atoms with van der Waals surface area (Å²) in [5.74, 6) is 0. The Morgan fingerprint density at radius 3 is 2.43 bits per heavy atom. The monoisotopic (exact) mass is 310 g/mol. The van der Waals surface area contributed by atoms with Crippen molar-refractivity contribution in [3.63, 3.8) is 0 Å². The van der Waals surface area contributed by atoms with Gasteiger partial charge in [-0.2, -0.15) is 0 Å². The Kier molecular flexibility index (Phi) is 10.5. The van der Waals surface area contributed by atoms with Crippen LogP contribution in [0.3, 0.4) is 0 Å². The van der Waals surface area contributed by atoms with Crippen LogP contribution < -0.4 is 5.32 Å². The van der Waals surface area contributed by atoms with Gasteiger partial charge in [-0.25, -0.2) is 0 Å². The number of rotatable bonds is 12. The van der Waals surface area contributed by atoms with Crippen LogP contribution in [0.4, 0.5) is 0 Å². The van der Waals surface area contributed by atoms with E-state index in [4.69, 9.17) is 11.6 Å². The van der Waals surface area contributed by atoms with E-state index in [9.17, 15) is 0 Å². The van der Waals surface area contributed by atoms with E-state index in [1.54, 1.807) is 6.20 Å². The van der Waals surface area contributed by atoms with Gasteiger partial charge in [0.2, 0.25) is 0 Å². The van der Waals surface area contributed by atoms with Crippen molar-refractivity contribution in [3.8, 4) is 0 Å². The highest BCUT2D eigenvalue weighted by Crippen LogP contribution is 2.26. The van der Waals surface area contributed by atoms with Crippen LogP contribution in [0.25, 0.3) is 0 Å². The SMILES string of the molecule is CCCCCCCCCC(NCCC)c1ccncc1Cl. The molecule has 1 N–H and O–H groups in total. The number of halogens is 1. The van der Waals surface area contributed by atoms with E-state index in [0.29, 0.717) is 6.04 Å². The largest absolute Gasteiger partial charge is 0.310 e. The van der Waals surface area contributed by atoms with Crippen molar-refractivity contribution in [2.24, 2.45) is 0 Å². The average Bonchev–Trinajstić information content (AvgIpc) is 2.50. The van der Waals surface area contributed by atoms with Crippen molar-refractivity contribution in [2.45, 2.75) is 77.7 Å². The standard InChI is InChI=1S/C18H31ClN2/c1-3-5-6-7-8-9-10-11-18(21-13-4-2)16-12-14-20-15-17(16)19/h12,14-15,18,21H,3-11,13H2,1-2H3. The lowest BCUT2D eigenvalue weighted by atomic mass is 10.00. The maximum atomic E-state index is 6.29. The van der Waals surface area contributed by atoms with Gasteiger partial charge in [0.15, 0.2) is 0 Å². The van der Waals surface area contributed by atoms with E-state index >= 15 is 0 Å². The maximum Gasteiger partial charge on any atom is 0.0637 e. The maximum absolute atomic E-state index is 6.29. The summed E-state index contributed by atoms with van der Waals surface area (Å²) in [7, 11) is 0. The van der Waals surface area contributed by atoms with Crippen LogP contribution in [-0.2, 0) is 0 Å². The third-order valence-corrected chi connectivity index (χ3v) is 4.23. The molecule has 1 heterocycles. The molecule has 1 unspecified atom stereocenters. The third-order valence-electron chi connectivity index (χ3n) is 3.92. The first kappa shape index (κ1) is 18.4. The summed E-state index contributed by atoms with van der Waals surface area (Å²) < 4.78 is 0. The van der Waals surface area contributed by atoms with Crippen LogP contribution in [-0.4, -0.2) is 11.5 Å². The molecule has 1 aromatic rings. The predicted molar refractivity (Wildman–Crippen MR) is 92.9 cm³/mol. The third kappa shape index (κ3) is 7.82. The second-order valence-electron chi connectivity index (χ2n) is 5.81. The molecule has 0 amide bonds. The Hall–Kier alpha value is -0.600. The smallest absolute Gasteiger partial charge is 0.0637 e. The van der Waals surface area contributed by atoms with Crippen LogP contribution in [0.15, 0.2) is 18.5 Å². The highest BCUT2D eigenvalue weighted by Gasteiger charge is 2.13. The summed E-state index contributed by atoms with van der Waals surface area (Å²) in [6.07, 6.45) is 15.4. The summed E-state index contributed by atoms with van der Waals surface area (Å²) in [6.45, 7) is 5.51. The molecule has 0 saturated heterocycles. The molecule has 0 radical (unpaired) electrons. The fourth-order valence-corrected chi connectivity index (χ4v) is 2.91. The minimum atomic E-state index is 0.371. The molecule has 0 aliphatic rings. The van der Waals surface area contributed by atoms with Gasteiger partial charge in [0.05, 0.1) is 5.02 Å². The number of unbranched alkanes of at least 4 members (excludes halogenated alkanes) is 6. The summed E-state index contributed by atoms with van der Waals surface area (Å²) in [6, 6.07) is 2.42. The van der Waals surface area contributed by atoms with E-state index in [0.717, 1.165) is 24.4 Å². The summed E-state index contributed by atoms with van der Waals surface area (Å²) in [5.41, 5.74) is 1.20. The highest BCUT2D eigenvalue weighted by atomic mass is 35.5. The van der Waals surface area contributed by atoms with E-state index in [1.807, 2.05) is 6.20 Å². The lowest BCUT2D eigenvalue weighted by molar-refractivity contribution is 0.465. The molecular formula is C18H31ClN2. The van der Waals surface area contributed by atoms with E-state index in [-0.39, 0.29) is 0 Å². The van der Waals surface area contributed by atoms with Crippen molar-refractivity contribution in [1.82, 2.24) is 10.3 Å². The Morgan fingerprint density at radius 2 is 1.76 bits per heavy atom. The first-order valence-electron chi connectivity index (χ1n) is 8.62. The summed E-state index contributed by atoms with van der Waals surface area (Å²) in [4.78, 5) is 4.09. The van der Waals surface area contributed by atoms with Crippen molar-refractivity contribution in [3.05, 3.63) is 29.0 Å². The first-order chi connectivity index (χ1) is 10.3. The van der Waals surface area contributed by atoms with Gasteiger partial charge in [0.1, 0.15) is 0 Å². The molecule has 0 saturated carbocycles. The molecule has 0 bridgehead atoms. The van der Waals surface area contributed by atoms with Crippen LogP contribution in [0, 0.1) is 0 Å². The van der Waals surface area contributed by atoms with Gasteiger partial charge in [-0.1, -0.05) is 70.4 Å². The lowest BCUT2D eigenvalue weighted by Crippen LogP contribution is -2.22. The lowest BCUT2D eigenvalue weighted by Gasteiger charge is -2.20. The Labute approximate surface area is 135 Å². The van der Waals surface area contributed by atoms with E-state index in [2.05, 4.69) is 30.2 Å². The molecule has 3 heteroatoms. The molecule has 0 aliphatic heterocycles. The zero-order chi connectivity index (χ0) is 15.3. The Bertz CT molecular complexity index is 368. The quantitative estimate of drug-likeness (QED) is 0.485. The number of nitrogens with one attached hydrogen (secondary N) is 1. The van der Waals surface area contributed by atoms with Crippen molar-refractivity contribution in [2.75, 3.05) is 6.54 Å². The second-order valence-corrected chi connectivity index (χ2v) is 6.22.